The van der Waals surface area contributed by atoms with E-state index in [1.54, 1.807) is 25.1 Å². The summed E-state index contributed by atoms with van der Waals surface area (Å²) in [6, 6.07) is 7.28. The molecule has 0 saturated heterocycles. The number of nitriles is 1. The monoisotopic (exact) mass is 334 g/mol. The number of carbonyl (C=O) groups is 1. The van der Waals surface area contributed by atoms with E-state index in [4.69, 9.17) is 10.00 Å². The van der Waals surface area contributed by atoms with Gasteiger partial charge >= 0.3 is 0 Å². The summed E-state index contributed by atoms with van der Waals surface area (Å²) < 4.78 is 6.34. The maximum Gasteiger partial charge on any atom is 0.261 e. The molecule has 20 heavy (non-hydrogen) atoms. The highest BCUT2D eigenvalue weighted by atomic mass is 79.9. The Balaban J connectivity index is 3.15. The third-order valence-electron chi connectivity index (χ3n) is 2.33. The van der Waals surface area contributed by atoms with Crippen LogP contribution in [-0.2, 0) is 4.79 Å². The number of benzene rings is 1. The third-order valence-corrected chi connectivity index (χ3v) is 2.82. The molecule has 104 valence electrons. The highest BCUT2D eigenvalue weighted by molar-refractivity contribution is 9.10. The lowest BCUT2D eigenvalue weighted by atomic mass is 10.1. The summed E-state index contributed by atoms with van der Waals surface area (Å²) in [5.74, 6) is 0.190. The lowest BCUT2D eigenvalue weighted by Crippen LogP contribution is -2.23. The van der Waals surface area contributed by atoms with Crippen molar-refractivity contribution in [1.29, 1.82) is 5.26 Å². The van der Waals surface area contributed by atoms with Crippen molar-refractivity contribution in [2.75, 3.05) is 13.2 Å². The zero-order valence-electron chi connectivity index (χ0n) is 11.1. The van der Waals surface area contributed by atoms with Crippen molar-refractivity contribution in [1.82, 2.24) is 5.32 Å². The molecular weight excluding hydrogens is 320 g/mol. The number of likely N-dealkylation sites (N-methyl/N-ethyl adjacent to an activating group) is 1. The number of carbonyl (C=O) groups excluding carboxylic acids is 1. The minimum absolute atomic E-state index is 0.0356. The van der Waals surface area contributed by atoms with Gasteiger partial charge in [0.2, 0.25) is 0 Å². The van der Waals surface area contributed by atoms with Gasteiger partial charge in [0.1, 0.15) is 24.0 Å². The molecule has 0 unspecified atom stereocenters. The Bertz CT molecular complexity index is 574. The molecule has 0 aromatic heterocycles. The van der Waals surface area contributed by atoms with Crippen molar-refractivity contribution < 1.29 is 9.53 Å². The van der Waals surface area contributed by atoms with Crippen LogP contribution < -0.4 is 10.1 Å². The van der Waals surface area contributed by atoms with E-state index < -0.39 is 5.91 Å². The average molecular weight is 335 g/mol. The third kappa shape index (κ3) is 4.56. The first-order valence-electron chi connectivity index (χ1n) is 6.05. The smallest absolute Gasteiger partial charge is 0.261 e. The van der Waals surface area contributed by atoms with E-state index in [1.807, 2.05) is 12.1 Å². The van der Waals surface area contributed by atoms with Crippen LogP contribution in [0, 0.1) is 11.3 Å². The fraction of sp³-hybridized carbons (Fsp3) is 0.200. The molecule has 0 atom stereocenters. The number of nitrogens with zero attached hydrogens (tertiary/aromatic N) is 1. The predicted octanol–water partition coefficient (Wildman–Crippen LogP) is 3.06. The molecule has 1 N–H and O–H groups in total. The van der Waals surface area contributed by atoms with Crippen molar-refractivity contribution in [2.24, 2.45) is 0 Å². The van der Waals surface area contributed by atoms with E-state index in [1.165, 1.54) is 6.08 Å². The van der Waals surface area contributed by atoms with Gasteiger partial charge in [-0.3, -0.25) is 4.79 Å². The van der Waals surface area contributed by atoms with Gasteiger partial charge in [-0.25, -0.2) is 0 Å². The van der Waals surface area contributed by atoms with Crippen LogP contribution in [0.1, 0.15) is 12.5 Å². The summed E-state index contributed by atoms with van der Waals surface area (Å²) in [4.78, 5) is 11.7. The summed E-state index contributed by atoms with van der Waals surface area (Å²) in [5.41, 5.74) is 0.692. The fourth-order valence-corrected chi connectivity index (χ4v) is 1.85. The topological polar surface area (TPSA) is 62.1 Å². The second-order valence-electron chi connectivity index (χ2n) is 3.81. The summed E-state index contributed by atoms with van der Waals surface area (Å²) in [6.45, 7) is 6.20. The molecule has 0 spiro atoms. The molecule has 0 heterocycles. The zero-order chi connectivity index (χ0) is 15.0. The summed E-state index contributed by atoms with van der Waals surface area (Å²) >= 11 is 3.36. The van der Waals surface area contributed by atoms with Gasteiger partial charge < -0.3 is 10.1 Å². The minimum atomic E-state index is -0.398. The molecule has 0 bridgehead atoms. The fourth-order valence-electron chi connectivity index (χ4n) is 1.47. The number of rotatable bonds is 6. The number of amides is 1. The van der Waals surface area contributed by atoms with Crippen LogP contribution in [0.3, 0.4) is 0 Å². The second-order valence-corrected chi connectivity index (χ2v) is 4.73. The molecule has 0 radical (unpaired) electrons. The van der Waals surface area contributed by atoms with E-state index in [-0.39, 0.29) is 5.57 Å². The molecule has 0 fully saturated rings. The molecule has 1 aromatic rings. The summed E-state index contributed by atoms with van der Waals surface area (Å²) in [5, 5.41) is 11.7. The van der Waals surface area contributed by atoms with Gasteiger partial charge in [0.05, 0.1) is 0 Å². The summed E-state index contributed by atoms with van der Waals surface area (Å²) in [7, 11) is 0. The van der Waals surface area contributed by atoms with Crippen LogP contribution in [0.15, 0.2) is 40.9 Å². The standard InChI is InChI=1S/C15H15BrN2O2/c1-3-7-20-14-6-5-13(16)9-11(14)8-12(10-17)15(19)18-4-2/h3,5-6,8-9H,1,4,7H2,2H3,(H,18,19)/b12-8+. The summed E-state index contributed by atoms with van der Waals surface area (Å²) in [6.07, 6.45) is 3.14. The predicted molar refractivity (Wildman–Crippen MR) is 82.1 cm³/mol. The van der Waals surface area contributed by atoms with Crippen molar-refractivity contribution >= 4 is 27.9 Å². The zero-order valence-corrected chi connectivity index (χ0v) is 12.7. The first-order valence-corrected chi connectivity index (χ1v) is 6.85. The molecule has 0 aliphatic carbocycles. The van der Waals surface area contributed by atoms with Crippen molar-refractivity contribution in [3.63, 3.8) is 0 Å². The molecule has 5 heteroatoms. The van der Waals surface area contributed by atoms with Gasteiger partial charge in [-0.05, 0) is 31.2 Å². The number of halogens is 1. The van der Waals surface area contributed by atoms with Crippen LogP contribution >= 0.6 is 15.9 Å². The van der Waals surface area contributed by atoms with Crippen molar-refractivity contribution in [3.8, 4) is 11.8 Å². The number of hydrogen-bond donors (Lipinski definition) is 1. The Morgan fingerprint density at radius 2 is 2.35 bits per heavy atom. The largest absolute Gasteiger partial charge is 0.489 e. The van der Waals surface area contributed by atoms with Gasteiger partial charge in [-0.15, -0.1) is 0 Å². The van der Waals surface area contributed by atoms with Crippen molar-refractivity contribution in [3.05, 3.63) is 46.5 Å². The van der Waals surface area contributed by atoms with Crippen molar-refractivity contribution in [2.45, 2.75) is 6.92 Å². The number of ether oxygens (including phenoxy) is 1. The molecule has 0 aliphatic rings. The maximum absolute atomic E-state index is 11.7. The van der Waals surface area contributed by atoms with Crippen LogP contribution in [-0.4, -0.2) is 19.1 Å². The van der Waals surface area contributed by atoms with E-state index >= 15 is 0 Å². The Morgan fingerprint density at radius 3 is 2.95 bits per heavy atom. The Kier molecular flexibility index (Phi) is 6.54. The SMILES string of the molecule is C=CCOc1ccc(Br)cc1/C=C(\C#N)C(=O)NCC. The normalized spacial score (nSPS) is 10.6. The van der Waals surface area contributed by atoms with Gasteiger partial charge in [0.25, 0.3) is 5.91 Å². The Hall–Kier alpha value is -2.06. The Labute approximate surface area is 126 Å². The number of hydrogen-bond acceptors (Lipinski definition) is 3. The molecule has 4 nitrogen and oxygen atoms in total. The van der Waals surface area contributed by atoms with Crippen LogP contribution in [0.2, 0.25) is 0 Å². The molecule has 1 rings (SSSR count). The quantitative estimate of drug-likeness (QED) is 0.494. The van der Waals surface area contributed by atoms with E-state index in [0.717, 1.165) is 4.47 Å². The maximum atomic E-state index is 11.7. The van der Waals surface area contributed by atoms with Crippen LogP contribution in [0.5, 0.6) is 5.75 Å². The van der Waals surface area contributed by atoms with Gasteiger partial charge in [-0.1, -0.05) is 28.6 Å². The molecule has 0 aliphatic heterocycles. The van der Waals surface area contributed by atoms with Crippen LogP contribution in [0.25, 0.3) is 6.08 Å². The highest BCUT2D eigenvalue weighted by Crippen LogP contribution is 2.25. The molecule has 1 amide bonds. The molecule has 1 aromatic carbocycles. The molecule has 0 saturated carbocycles. The lowest BCUT2D eigenvalue weighted by Gasteiger charge is -2.08. The highest BCUT2D eigenvalue weighted by Gasteiger charge is 2.10. The first-order chi connectivity index (χ1) is 9.62. The van der Waals surface area contributed by atoms with Gasteiger partial charge in [0.15, 0.2) is 0 Å². The van der Waals surface area contributed by atoms with Crippen LogP contribution in [0.4, 0.5) is 0 Å². The van der Waals surface area contributed by atoms with E-state index in [0.29, 0.717) is 24.5 Å². The van der Waals surface area contributed by atoms with Gasteiger partial charge in [-0.2, -0.15) is 5.26 Å². The Morgan fingerprint density at radius 1 is 1.60 bits per heavy atom. The first kappa shape index (κ1) is 16.0. The van der Waals surface area contributed by atoms with Gasteiger partial charge in [0, 0.05) is 16.6 Å². The minimum Gasteiger partial charge on any atom is -0.489 e. The van der Waals surface area contributed by atoms with E-state index in [9.17, 15) is 4.79 Å². The van der Waals surface area contributed by atoms with E-state index in [2.05, 4.69) is 27.8 Å². The molecular formula is C15H15BrN2O2. The average Bonchev–Trinajstić information content (AvgIpc) is 2.44. The number of nitrogens with one attached hydrogen (secondary N) is 1. The second kappa shape index (κ2) is 8.18. The lowest BCUT2D eigenvalue weighted by molar-refractivity contribution is -0.116.